The van der Waals surface area contributed by atoms with Crippen LogP contribution in [0.5, 0.6) is 0 Å². The summed E-state index contributed by atoms with van der Waals surface area (Å²) in [4.78, 5) is 29.5. The van der Waals surface area contributed by atoms with Crippen LogP contribution < -0.4 is 5.32 Å². The number of aromatic carboxylic acids is 1. The van der Waals surface area contributed by atoms with Gasteiger partial charge in [0.2, 0.25) is 0 Å². The van der Waals surface area contributed by atoms with E-state index in [1.54, 1.807) is 24.3 Å². The number of ether oxygens (including phenoxy) is 1. The third-order valence-electron chi connectivity index (χ3n) is 3.32. The van der Waals surface area contributed by atoms with Gasteiger partial charge in [-0.05, 0) is 11.1 Å². The highest BCUT2D eigenvalue weighted by Crippen LogP contribution is 2.11. The number of hydrogen-bond acceptors (Lipinski definition) is 8. The van der Waals surface area contributed by atoms with Crippen molar-refractivity contribution >= 4 is 27.6 Å². The van der Waals surface area contributed by atoms with Gasteiger partial charge in [0.05, 0.1) is 25.3 Å². The number of hydrogen-bond donors (Lipinski definition) is 2. The van der Waals surface area contributed by atoms with Crippen LogP contribution in [0.15, 0.2) is 36.7 Å². The molecule has 26 heavy (non-hydrogen) atoms. The second-order valence-electron chi connectivity index (χ2n) is 5.37. The van der Waals surface area contributed by atoms with Gasteiger partial charge < -0.3 is 15.2 Å². The lowest BCUT2D eigenvalue weighted by molar-refractivity contribution is -0.137. The number of carboxylic acids is 1. The molecule has 0 radical (unpaired) electrons. The first-order valence-electron chi connectivity index (χ1n) is 7.43. The maximum Gasteiger partial charge on any atom is 0.356 e. The minimum absolute atomic E-state index is 0.145. The fourth-order valence-electron chi connectivity index (χ4n) is 2.02. The smallest absolute Gasteiger partial charge is 0.356 e. The summed E-state index contributed by atoms with van der Waals surface area (Å²) in [6.07, 6.45) is 2.47. The molecular formula is C16H17N3O6S. The first-order valence-corrected chi connectivity index (χ1v) is 9.25. The molecule has 0 aliphatic carbocycles. The molecule has 0 atom stereocenters. The molecule has 0 spiro atoms. The summed E-state index contributed by atoms with van der Waals surface area (Å²) in [7, 11) is -2.44. The molecule has 1 aromatic heterocycles. The summed E-state index contributed by atoms with van der Waals surface area (Å²) in [5.74, 6) is -2.43. The number of nitrogens with zero attached hydrogens (tertiary/aromatic N) is 2. The molecule has 10 heteroatoms. The Labute approximate surface area is 150 Å². The lowest BCUT2D eigenvalue weighted by Gasteiger charge is -2.07. The molecule has 138 valence electrons. The van der Waals surface area contributed by atoms with E-state index in [1.807, 2.05) is 0 Å². The summed E-state index contributed by atoms with van der Waals surface area (Å²) >= 11 is 0. The Hall–Kier alpha value is -3.01. The summed E-state index contributed by atoms with van der Waals surface area (Å²) in [5.41, 5.74) is 1.28. The number of anilines is 1. The Morgan fingerprint density at radius 2 is 1.77 bits per heavy atom. The summed E-state index contributed by atoms with van der Waals surface area (Å²) in [6, 6.07) is 6.81. The molecule has 0 bridgehead atoms. The van der Waals surface area contributed by atoms with Gasteiger partial charge in [0.15, 0.2) is 15.5 Å². The molecule has 0 saturated heterocycles. The number of rotatable bonds is 8. The highest BCUT2D eigenvalue weighted by Gasteiger charge is 2.17. The molecule has 0 amide bonds. The van der Waals surface area contributed by atoms with Crippen molar-refractivity contribution < 1.29 is 27.9 Å². The maximum absolute atomic E-state index is 11.9. The maximum atomic E-state index is 11.9. The summed E-state index contributed by atoms with van der Waals surface area (Å²) in [6.45, 7) is 0.399. The van der Waals surface area contributed by atoms with E-state index >= 15 is 0 Å². The lowest BCUT2D eigenvalue weighted by Crippen LogP contribution is -2.18. The molecule has 2 aromatic rings. The van der Waals surface area contributed by atoms with Crippen molar-refractivity contribution in [3.05, 3.63) is 53.5 Å². The first-order chi connectivity index (χ1) is 12.3. The zero-order valence-corrected chi connectivity index (χ0v) is 14.7. The van der Waals surface area contributed by atoms with Gasteiger partial charge in [0.25, 0.3) is 0 Å². The van der Waals surface area contributed by atoms with Crippen LogP contribution in [-0.2, 0) is 31.7 Å². The van der Waals surface area contributed by atoms with Crippen molar-refractivity contribution in [3.63, 3.8) is 0 Å². The Balaban J connectivity index is 1.93. The topological polar surface area (TPSA) is 136 Å². The average Bonchev–Trinajstić information content (AvgIpc) is 2.60. The van der Waals surface area contributed by atoms with E-state index in [1.165, 1.54) is 6.20 Å². The lowest BCUT2D eigenvalue weighted by atomic mass is 10.1. The SMILES string of the molecule is COC(=O)CS(=O)(=O)Cc1ccc(CNc2cnc(C(=O)O)cn2)cc1. The third kappa shape index (κ3) is 5.81. The highest BCUT2D eigenvalue weighted by atomic mass is 32.2. The fraction of sp³-hybridized carbons (Fsp3) is 0.250. The summed E-state index contributed by atoms with van der Waals surface area (Å²) in [5, 5.41) is 11.7. The van der Waals surface area contributed by atoms with Crippen LogP contribution in [-0.4, -0.2) is 48.3 Å². The number of benzene rings is 1. The van der Waals surface area contributed by atoms with Crippen LogP contribution in [0.25, 0.3) is 0 Å². The molecular weight excluding hydrogens is 362 g/mol. The van der Waals surface area contributed by atoms with Crippen molar-refractivity contribution in [1.82, 2.24) is 9.97 Å². The number of sulfone groups is 1. The third-order valence-corrected chi connectivity index (χ3v) is 4.77. The number of carbonyl (C=O) groups is 2. The van der Waals surface area contributed by atoms with Crippen molar-refractivity contribution in [1.29, 1.82) is 0 Å². The number of nitrogens with one attached hydrogen (secondary N) is 1. The molecule has 0 aliphatic rings. The van der Waals surface area contributed by atoms with E-state index in [-0.39, 0.29) is 11.4 Å². The second-order valence-corrected chi connectivity index (χ2v) is 7.43. The number of aromatic nitrogens is 2. The minimum Gasteiger partial charge on any atom is -0.476 e. The van der Waals surface area contributed by atoms with Gasteiger partial charge in [-0.15, -0.1) is 0 Å². The van der Waals surface area contributed by atoms with Gasteiger partial charge in [-0.2, -0.15) is 0 Å². The van der Waals surface area contributed by atoms with E-state index in [0.29, 0.717) is 17.9 Å². The molecule has 2 rings (SSSR count). The van der Waals surface area contributed by atoms with E-state index in [0.717, 1.165) is 18.9 Å². The minimum atomic E-state index is -3.58. The first kappa shape index (κ1) is 19.3. The monoisotopic (exact) mass is 379 g/mol. The fourth-order valence-corrected chi connectivity index (χ4v) is 3.30. The van der Waals surface area contributed by atoms with Gasteiger partial charge in [-0.25, -0.2) is 23.2 Å². The van der Waals surface area contributed by atoms with Crippen molar-refractivity contribution in [2.24, 2.45) is 0 Å². The quantitative estimate of drug-likeness (QED) is 0.640. The van der Waals surface area contributed by atoms with Crippen LogP contribution >= 0.6 is 0 Å². The Kier molecular flexibility index (Phi) is 6.23. The number of esters is 1. The number of methoxy groups -OCH3 is 1. The van der Waals surface area contributed by atoms with Crippen LogP contribution in [0.1, 0.15) is 21.6 Å². The zero-order valence-electron chi connectivity index (χ0n) is 13.9. The Morgan fingerprint density at radius 1 is 1.12 bits per heavy atom. The van der Waals surface area contributed by atoms with E-state index in [4.69, 9.17) is 5.11 Å². The molecule has 1 heterocycles. The van der Waals surface area contributed by atoms with Gasteiger partial charge in [-0.3, -0.25) is 4.79 Å². The van der Waals surface area contributed by atoms with Crippen LogP contribution in [0.4, 0.5) is 5.82 Å². The van der Waals surface area contributed by atoms with Crippen LogP contribution in [0.2, 0.25) is 0 Å². The van der Waals surface area contributed by atoms with Gasteiger partial charge in [0.1, 0.15) is 11.6 Å². The van der Waals surface area contributed by atoms with Gasteiger partial charge >= 0.3 is 11.9 Å². The largest absolute Gasteiger partial charge is 0.476 e. The normalized spacial score (nSPS) is 11.0. The van der Waals surface area contributed by atoms with Crippen LogP contribution in [0.3, 0.4) is 0 Å². The van der Waals surface area contributed by atoms with Gasteiger partial charge in [-0.1, -0.05) is 24.3 Å². The average molecular weight is 379 g/mol. The molecule has 0 unspecified atom stereocenters. The highest BCUT2D eigenvalue weighted by molar-refractivity contribution is 7.91. The second kappa shape index (κ2) is 8.39. The van der Waals surface area contributed by atoms with E-state index in [2.05, 4.69) is 20.0 Å². The van der Waals surface area contributed by atoms with E-state index < -0.39 is 27.5 Å². The number of carbonyl (C=O) groups excluding carboxylic acids is 1. The molecule has 1 aromatic carbocycles. The van der Waals surface area contributed by atoms with Crippen molar-refractivity contribution in [2.75, 3.05) is 18.2 Å². The molecule has 0 aliphatic heterocycles. The van der Waals surface area contributed by atoms with Crippen LogP contribution in [0, 0.1) is 0 Å². The summed E-state index contributed by atoms with van der Waals surface area (Å²) < 4.78 is 28.1. The molecule has 0 fully saturated rings. The van der Waals surface area contributed by atoms with E-state index in [9.17, 15) is 18.0 Å². The zero-order chi connectivity index (χ0) is 19.2. The standard InChI is InChI=1S/C16H17N3O6S/c1-25-15(20)10-26(23,24)9-12-4-2-11(3-5-12)6-18-14-8-17-13(7-19-14)16(21)22/h2-5,7-8H,6,9-10H2,1H3,(H,18,19)(H,21,22). The predicted molar refractivity (Wildman–Crippen MR) is 92.3 cm³/mol. The molecule has 0 saturated carbocycles. The van der Waals surface area contributed by atoms with Crippen molar-refractivity contribution in [2.45, 2.75) is 12.3 Å². The predicted octanol–water partition coefficient (Wildman–Crippen LogP) is 0.875. The van der Waals surface area contributed by atoms with Crippen molar-refractivity contribution in [3.8, 4) is 0 Å². The number of carboxylic acid groups (broad SMARTS) is 1. The Bertz CT molecular complexity index is 879. The molecule has 2 N–H and O–H groups in total. The Morgan fingerprint density at radius 3 is 2.31 bits per heavy atom. The molecule has 9 nitrogen and oxygen atoms in total. The van der Waals surface area contributed by atoms with Gasteiger partial charge in [0, 0.05) is 6.54 Å².